The Morgan fingerprint density at radius 2 is 2.25 bits per heavy atom. The van der Waals surface area contributed by atoms with E-state index in [9.17, 15) is 4.79 Å². The lowest BCUT2D eigenvalue weighted by molar-refractivity contribution is 0.0997. The second kappa shape index (κ2) is 4.22. The summed E-state index contributed by atoms with van der Waals surface area (Å²) < 4.78 is 1.72. The summed E-state index contributed by atoms with van der Waals surface area (Å²) in [6, 6.07) is 1.97. The maximum atomic E-state index is 12.0. The molecule has 0 aliphatic heterocycles. The lowest BCUT2D eigenvalue weighted by atomic mass is 10.1. The third-order valence-corrected chi connectivity index (χ3v) is 3.76. The standard InChI is InChI=1S/C12H14N2OS/c1-8-4-12(16-9(8)2)11(15)5-10-6-13-14(3)7-10/h4,6-7H,5H2,1-3H3. The lowest BCUT2D eigenvalue weighted by Gasteiger charge is -1.93. The van der Waals surface area contributed by atoms with Gasteiger partial charge >= 0.3 is 0 Å². The Bertz CT molecular complexity index is 505. The molecule has 0 aliphatic rings. The smallest absolute Gasteiger partial charge is 0.177 e. The number of thiophene rings is 1. The second-order valence-corrected chi connectivity index (χ2v) is 5.23. The van der Waals surface area contributed by atoms with Crippen molar-refractivity contribution >= 4 is 17.1 Å². The summed E-state index contributed by atoms with van der Waals surface area (Å²) in [5.41, 5.74) is 2.16. The van der Waals surface area contributed by atoms with Crippen LogP contribution in [0.25, 0.3) is 0 Å². The Kier molecular flexibility index (Phi) is 2.92. The van der Waals surface area contributed by atoms with Gasteiger partial charge in [-0.3, -0.25) is 9.48 Å². The van der Waals surface area contributed by atoms with Crippen molar-refractivity contribution < 1.29 is 4.79 Å². The van der Waals surface area contributed by atoms with Gasteiger partial charge in [0.15, 0.2) is 5.78 Å². The molecule has 4 heteroatoms. The van der Waals surface area contributed by atoms with Crippen LogP contribution in [0.15, 0.2) is 18.5 Å². The summed E-state index contributed by atoms with van der Waals surface area (Å²) in [6.45, 7) is 4.08. The number of aromatic nitrogens is 2. The fourth-order valence-electron chi connectivity index (χ4n) is 1.55. The predicted molar refractivity (Wildman–Crippen MR) is 65.0 cm³/mol. The zero-order valence-corrected chi connectivity index (χ0v) is 10.5. The highest BCUT2D eigenvalue weighted by molar-refractivity contribution is 7.14. The van der Waals surface area contributed by atoms with Gasteiger partial charge in [0.05, 0.1) is 11.1 Å². The van der Waals surface area contributed by atoms with Crippen molar-refractivity contribution in [1.82, 2.24) is 9.78 Å². The number of nitrogens with zero attached hydrogens (tertiary/aromatic N) is 2. The van der Waals surface area contributed by atoms with Gasteiger partial charge in [-0.2, -0.15) is 5.10 Å². The van der Waals surface area contributed by atoms with E-state index >= 15 is 0 Å². The van der Waals surface area contributed by atoms with E-state index in [2.05, 4.69) is 5.10 Å². The highest BCUT2D eigenvalue weighted by Gasteiger charge is 2.11. The first-order valence-electron chi connectivity index (χ1n) is 5.14. The Hall–Kier alpha value is -1.42. The van der Waals surface area contributed by atoms with E-state index in [-0.39, 0.29) is 5.78 Å². The molecule has 0 saturated heterocycles. The minimum Gasteiger partial charge on any atom is -0.293 e. The first-order chi connectivity index (χ1) is 7.56. The molecule has 0 bridgehead atoms. The van der Waals surface area contributed by atoms with Crippen LogP contribution in [0.4, 0.5) is 0 Å². The number of hydrogen-bond donors (Lipinski definition) is 0. The third kappa shape index (κ3) is 2.22. The number of ketones is 1. The molecule has 0 aliphatic carbocycles. The normalized spacial score (nSPS) is 10.7. The van der Waals surface area contributed by atoms with Gasteiger partial charge in [-0.15, -0.1) is 11.3 Å². The van der Waals surface area contributed by atoms with Crippen LogP contribution in [-0.4, -0.2) is 15.6 Å². The topological polar surface area (TPSA) is 34.9 Å². The molecule has 0 aromatic carbocycles. The number of aryl methyl sites for hydroxylation is 3. The molecule has 3 nitrogen and oxygen atoms in total. The summed E-state index contributed by atoms with van der Waals surface area (Å²) in [6.07, 6.45) is 4.06. The number of Topliss-reactive ketones (excluding diaryl/α,β-unsaturated/α-hetero) is 1. The SMILES string of the molecule is Cc1cc(C(=O)Cc2cnn(C)c2)sc1C. The highest BCUT2D eigenvalue weighted by atomic mass is 32.1. The van der Waals surface area contributed by atoms with Crippen LogP contribution in [0.2, 0.25) is 0 Å². The molecule has 16 heavy (non-hydrogen) atoms. The molecular formula is C12H14N2OS. The van der Waals surface area contributed by atoms with E-state index in [1.807, 2.05) is 33.2 Å². The molecule has 0 radical (unpaired) electrons. The van der Waals surface area contributed by atoms with Gasteiger partial charge in [0.2, 0.25) is 0 Å². The lowest BCUT2D eigenvalue weighted by Crippen LogP contribution is -2.00. The first-order valence-corrected chi connectivity index (χ1v) is 5.95. The third-order valence-electron chi connectivity index (χ3n) is 2.56. The Morgan fingerprint density at radius 3 is 2.75 bits per heavy atom. The maximum Gasteiger partial charge on any atom is 0.177 e. The molecule has 0 saturated carbocycles. The fourth-order valence-corrected chi connectivity index (χ4v) is 2.52. The van der Waals surface area contributed by atoms with E-state index in [0.717, 1.165) is 10.4 Å². The van der Waals surface area contributed by atoms with Crippen molar-refractivity contribution in [3.8, 4) is 0 Å². The van der Waals surface area contributed by atoms with Crippen molar-refractivity contribution in [3.63, 3.8) is 0 Å². The second-order valence-electron chi connectivity index (χ2n) is 3.97. The quantitative estimate of drug-likeness (QED) is 0.765. The monoisotopic (exact) mass is 234 g/mol. The van der Waals surface area contributed by atoms with E-state index in [0.29, 0.717) is 6.42 Å². The van der Waals surface area contributed by atoms with Crippen LogP contribution >= 0.6 is 11.3 Å². The zero-order chi connectivity index (χ0) is 11.7. The number of hydrogen-bond acceptors (Lipinski definition) is 3. The summed E-state index contributed by atoms with van der Waals surface area (Å²) in [5, 5.41) is 4.05. The van der Waals surface area contributed by atoms with E-state index in [1.165, 1.54) is 10.4 Å². The number of carbonyl (C=O) groups excluding carboxylic acids is 1. The van der Waals surface area contributed by atoms with E-state index in [1.54, 1.807) is 22.2 Å². The van der Waals surface area contributed by atoms with Crippen molar-refractivity contribution in [2.24, 2.45) is 7.05 Å². The van der Waals surface area contributed by atoms with Gasteiger partial charge in [0.25, 0.3) is 0 Å². The number of carbonyl (C=O) groups is 1. The molecule has 84 valence electrons. The van der Waals surface area contributed by atoms with Crippen LogP contribution < -0.4 is 0 Å². The summed E-state index contributed by atoms with van der Waals surface area (Å²) in [4.78, 5) is 14.0. The molecule has 2 aromatic heterocycles. The molecule has 2 rings (SSSR count). The molecule has 2 heterocycles. The molecule has 0 N–H and O–H groups in total. The van der Waals surface area contributed by atoms with E-state index < -0.39 is 0 Å². The Morgan fingerprint density at radius 1 is 1.50 bits per heavy atom. The van der Waals surface area contributed by atoms with Gasteiger partial charge in [-0.1, -0.05) is 0 Å². The molecule has 0 unspecified atom stereocenters. The van der Waals surface area contributed by atoms with Crippen LogP contribution in [-0.2, 0) is 13.5 Å². The average molecular weight is 234 g/mol. The van der Waals surface area contributed by atoms with Crippen LogP contribution in [0, 0.1) is 13.8 Å². The van der Waals surface area contributed by atoms with Crippen LogP contribution in [0.3, 0.4) is 0 Å². The highest BCUT2D eigenvalue weighted by Crippen LogP contribution is 2.22. The van der Waals surface area contributed by atoms with Crippen molar-refractivity contribution in [3.05, 3.63) is 39.3 Å². The first kappa shape index (κ1) is 11.1. The van der Waals surface area contributed by atoms with E-state index in [4.69, 9.17) is 0 Å². The predicted octanol–water partition coefficient (Wildman–Crippen LogP) is 2.52. The van der Waals surface area contributed by atoms with Crippen LogP contribution in [0.5, 0.6) is 0 Å². The van der Waals surface area contributed by atoms with Gasteiger partial charge in [0.1, 0.15) is 0 Å². The maximum absolute atomic E-state index is 12.0. The molecule has 0 amide bonds. The van der Waals surface area contributed by atoms with Crippen molar-refractivity contribution in [2.45, 2.75) is 20.3 Å². The average Bonchev–Trinajstić information content (AvgIpc) is 2.75. The molecule has 0 atom stereocenters. The Labute approximate surface area is 98.7 Å². The summed E-state index contributed by atoms with van der Waals surface area (Å²) in [5.74, 6) is 0.175. The van der Waals surface area contributed by atoms with Gasteiger partial charge < -0.3 is 0 Å². The zero-order valence-electron chi connectivity index (χ0n) is 9.65. The van der Waals surface area contributed by atoms with Crippen LogP contribution in [0.1, 0.15) is 25.7 Å². The summed E-state index contributed by atoms with van der Waals surface area (Å²) in [7, 11) is 1.85. The fraction of sp³-hybridized carbons (Fsp3) is 0.333. The molecule has 2 aromatic rings. The van der Waals surface area contributed by atoms with Crippen molar-refractivity contribution in [2.75, 3.05) is 0 Å². The Balaban J connectivity index is 2.14. The van der Waals surface area contributed by atoms with Gasteiger partial charge in [0, 0.05) is 24.5 Å². The van der Waals surface area contributed by atoms with Gasteiger partial charge in [-0.05, 0) is 31.0 Å². The van der Waals surface area contributed by atoms with Gasteiger partial charge in [-0.25, -0.2) is 0 Å². The molecule has 0 fully saturated rings. The molecule has 0 spiro atoms. The number of rotatable bonds is 3. The minimum absolute atomic E-state index is 0.175. The largest absolute Gasteiger partial charge is 0.293 e. The minimum atomic E-state index is 0.175. The summed E-state index contributed by atoms with van der Waals surface area (Å²) >= 11 is 1.57. The van der Waals surface area contributed by atoms with Crippen molar-refractivity contribution in [1.29, 1.82) is 0 Å². The molecular weight excluding hydrogens is 220 g/mol.